The molecule has 3 heteroatoms. The van der Waals surface area contributed by atoms with Gasteiger partial charge in [-0.15, -0.1) is 0 Å². The Balaban J connectivity index is 2.29. The molecule has 2 aromatic rings. The third kappa shape index (κ3) is 2.61. The average molecular weight is 243 g/mol. The van der Waals surface area contributed by atoms with E-state index in [4.69, 9.17) is 0 Å². The maximum Gasteiger partial charge on any atom is 0.111 e. The lowest BCUT2D eigenvalue weighted by atomic mass is 9.96. The molecular formula is C15H21N3. The molecule has 0 bridgehead atoms. The van der Waals surface area contributed by atoms with Crippen LogP contribution in [0.25, 0.3) is 11.3 Å². The first-order valence-corrected chi connectivity index (χ1v) is 6.40. The van der Waals surface area contributed by atoms with Crippen LogP contribution in [0.3, 0.4) is 0 Å². The Bertz CT molecular complexity index is 515. The Morgan fingerprint density at radius 2 is 1.78 bits per heavy atom. The van der Waals surface area contributed by atoms with E-state index in [1.807, 2.05) is 12.4 Å². The van der Waals surface area contributed by atoms with Gasteiger partial charge in [0.2, 0.25) is 0 Å². The number of aromatic amines is 1. The topological polar surface area (TPSA) is 41.6 Å². The molecule has 0 aliphatic heterocycles. The van der Waals surface area contributed by atoms with E-state index in [0.717, 1.165) is 22.8 Å². The SMILES string of the molecule is CC(C)c1ccc(-c2cnc(C(C)(C)C)[nH]2)cn1. The van der Waals surface area contributed by atoms with Gasteiger partial charge in [0.1, 0.15) is 5.82 Å². The maximum atomic E-state index is 4.48. The predicted molar refractivity (Wildman–Crippen MR) is 74.6 cm³/mol. The fraction of sp³-hybridized carbons (Fsp3) is 0.467. The summed E-state index contributed by atoms with van der Waals surface area (Å²) in [5, 5.41) is 0. The molecule has 0 amide bonds. The van der Waals surface area contributed by atoms with Crippen LogP contribution in [0.4, 0.5) is 0 Å². The molecule has 96 valence electrons. The van der Waals surface area contributed by atoms with Crippen molar-refractivity contribution < 1.29 is 0 Å². The van der Waals surface area contributed by atoms with Crippen molar-refractivity contribution in [1.82, 2.24) is 15.0 Å². The van der Waals surface area contributed by atoms with Gasteiger partial charge in [0.15, 0.2) is 0 Å². The Hall–Kier alpha value is -1.64. The second-order valence-corrected chi connectivity index (χ2v) is 6.02. The van der Waals surface area contributed by atoms with Crippen LogP contribution < -0.4 is 0 Å². The summed E-state index contributed by atoms with van der Waals surface area (Å²) >= 11 is 0. The van der Waals surface area contributed by atoms with Crippen molar-refractivity contribution in [2.24, 2.45) is 0 Å². The van der Waals surface area contributed by atoms with Gasteiger partial charge < -0.3 is 4.98 Å². The van der Waals surface area contributed by atoms with Crippen molar-refractivity contribution in [2.45, 2.75) is 46.0 Å². The van der Waals surface area contributed by atoms with E-state index in [2.05, 4.69) is 61.7 Å². The summed E-state index contributed by atoms with van der Waals surface area (Å²) < 4.78 is 0. The Morgan fingerprint density at radius 3 is 2.22 bits per heavy atom. The van der Waals surface area contributed by atoms with Gasteiger partial charge in [-0.3, -0.25) is 4.98 Å². The first-order chi connectivity index (χ1) is 8.38. The number of hydrogen-bond donors (Lipinski definition) is 1. The van der Waals surface area contributed by atoms with Crippen LogP contribution in [0.5, 0.6) is 0 Å². The summed E-state index contributed by atoms with van der Waals surface area (Å²) in [5.74, 6) is 1.47. The normalized spacial score (nSPS) is 12.1. The first kappa shape index (κ1) is 12.8. The van der Waals surface area contributed by atoms with E-state index >= 15 is 0 Å². The van der Waals surface area contributed by atoms with E-state index in [1.165, 1.54) is 0 Å². The van der Waals surface area contributed by atoms with Crippen molar-refractivity contribution in [1.29, 1.82) is 0 Å². The fourth-order valence-electron chi connectivity index (χ4n) is 1.76. The van der Waals surface area contributed by atoms with E-state index in [1.54, 1.807) is 0 Å². The Kier molecular flexibility index (Phi) is 3.24. The molecule has 0 aromatic carbocycles. The molecule has 0 fully saturated rings. The van der Waals surface area contributed by atoms with Crippen molar-refractivity contribution in [3.8, 4) is 11.3 Å². The zero-order valence-corrected chi connectivity index (χ0v) is 11.8. The molecule has 3 nitrogen and oxygen atoms in total. The molecule has 0 radical (unpaired) electrons. The lowest BCUT2D eigenvalue weighted by Crippen LogP contribution is -2.13. The molecule has 0 spiro atoms. The highest BCUT2D eigenvalue weighted by Crippen LogP contribution is 2.23. The summed E-state index contributed by atoms with van der Waals surface area (Å²) in [5.41, 5.74) is 3.28. The largest absolute Gasteiger partial charge is 0.342 e. The van der Waals surface area contributed by atoms with Crippen LogP contribution in [0, 0.1) is 0 Å². The molecule has 0 saturated carbocycles. The number of rotatable bonds is 2. The maximum absolute atomic E-state index is 4.48. The molecular weight excluding hydrogens is 222 g/mol. The predicted octanol–water partition coefficient (Wildman–Crippen LogP) is 3.89. The van der Waals surface area contributed by atoms with Crippen molar-refractivity contribution in [3.05, 3.63) is 36.0 Å². The number of H-pyrrole nitrogens is 1. The van der Waals surface area contributed by atoms with Gasteiger partial charge in [-0.1, -0.05) is 34.6 Å². The van der Waals surface area contributed by atoms with Gasteiger partial charge in [-0.25, -0.2) is 4.98 Å². The number of imidazole rings is 1. The Morgan fingerprint density at radius 1 is 1.06 bits per heavy atom. The van der Waals surface area contributed by atoms with Crippen LogP contribution in [0.2, 0.25) is 0 Å². The highest BCUT2D eigenvalue weighted by atomic mass is 14.9. The van der Waals surface area contributed by atoms with Gasteiger partial charge in [-0.05, 0) is 18.1 Å². The standard InChI is InChI=1S/C15H21N3/c1-10(2)12-7-6-11(8-16-12)13-9-17-14(18-13)15(3,4)5/h6-10H,1-5H3,(H,17,18). The summed E-state index contributed by atoms with van der Waals surface area (Å²) in [7, 11) is 0. The first-order valence-electron chi connectivity index (χ1n) is 6.40. The third-order valence-electron chi connectivity index (χ3n) is 2.98. The van der Waals surface area contributed by atoms with Gasteiger partial charge >= 0.3 is 0 Å². The molecule has 2 heterocycles. The third-order valence-corrected chi connectivity index (χ3v) is 2.98. The van der Waals surface area contributed by atoms with E-state index in [-0.39, 0.29) is 5.41 Å². The minimum Gasteiger partial charge on any atom is -0.342 e. The molecule has 0 aliphatic carbocycles. The number of aromatic nitrogens is 3. The molecule has 2 rings (SSSR count). The number of pyridine rings is 1. The van der Waals surface area contributed by atoms with Crippen LogP contribution in [-0.2, 0) is 5.41 Å². The fourth-order valence-corrected chi connectivity index (χ4v) is 1.76. The molecule has 0 aliphatic rings. The van der Waals surface area contributed by atoms with Crippen LogP contribution >= 0.6 is 0 Å². The lowest BCUT2D eigenvalue weighted by Gasteiger charge is -2.14. The molecule has 0 atom stereocenters. The van der Waals surface area contributed by atoms with E-state index in [0.29, 0.717) is 5.92 Å². The lowest BCUT2D eigenvalue weighted by molar-refractivity contribution is 0.553. The minimum absolute atomic E-state index is 0.0452. The molecule has 0 saturated heterocycles. The number of nitrogens with zero attached hydrogens (tertiary/aromatic N) is 2. The smallest absolute Gasteiger partial charge is 0.111 e. The highest BCUT2D eigenvalue weighted by molar-refractivity contribution is 5.57. The quantitative estimate of drug-likeness (QED) is 0.869. The summed E-state index contributed by atoms with van der Waals surface area (Å²) in [6, 6.07) is 4.18. The molecule has 18 heavy (non-hydrogen) atoms. The number of nitrogens with one attached hydrogen (secondary N) is 1. The summed E-state index contributed by atoms with van der Waals surface area (Å²) in [6.07, 6.45) is 3.79. The zero-order valence-electron chi connectivity index (χ0n) is 11.8. The van der Waals surface area contributed by atoms with Crippen molar-refractivity contribution >= 4 is 0 Å². The molecule has 0 unspecified atom stereocenters. The van der Waals surface area contributed by atoms with Gasteiger partial charge in [0.05, 0.1) is 11.9 Å². The highest BCUT2D eigenvalue weighted by Gasteiger charge is 2.17. The van der Waals surface area contributed by atoms with Crippen LogP contribution in [-0.4, -0.2) is 15.0 Å². The Labute approximate surface area is 109 Å². The summed E-state index contributed by atoms with van der Waals surface area (Å²) in [6.45, 7) is 10.7. The second kappa shape index (κ2) is 4.56. The minimum atomic E-state index is 0.0452. The average Bonchev–Trinajstić information content (AvgIpc) is 2.78. The second-order valence-electron chi connectivity index (χ2n) is 6.02. The molecule has 2 aromatic heterocycles. The van der Waals surface area contributed by atoms with E-state index < -0.39 is 0 Å². The zero-order chi connectivity index (χ0) is 13.3. The van der Waals surface area contributed by atoms with Gasteiger partial charge in [0.25, 0.3) is 0 Å². The van der Waals surface area contributed by atoms with Crippen LogP contribution in [0.1, 0.15) is 52.1 Å². The van der Waals surface area contributed by atoms with Gasteiger partial charge in [0, 0.05) is 22.9 Å². The molecule has 1 N–H and O–H groups in total. The summed E-state index contributed by atoms with van der Waals surface area (Å²) in [4.78, 5) is 12.3. The monoisotopic (exact) mass is 243 g/mol. The van der Waals surface area contributed by atoms with Gasteiger partial charge in [-0.2, -0.15) is 0 Å². The van der Waals surface area contributed by atoms with Crippen molar-refractivity contribution in [3.63, 3.8) is 0 Å². The van der Waals surface area contributed by atoms with Crippen molar-refractivity contribution in [2.75, 3.05) is 0 Å². The van der Waals surface area contributed by atoms with Crippen LogP contribution in [0.15, 0.2) is 24.5 Å². The number of hydrogen-bond acceptors (Lipinski definition) is 2. The van der Waals surface area contributed by atoms with E-state index in [9.17, 15) is 0 Å².